The molecule has 0 bridgehead atoms. The first-order chi connectivity index (χ1) is 17.1. The van der Waals surface area contributed by atoms with E-state index in [9.17, 15) is 4.79 Å². The van der Waals surface area contributed by atoms with Crippen LogP contribution in [-0.4, -0.2) is 45.6 Å². The standard InChI is InChI=1S/C26H28N2O7/c1-16-21(19(28-26(29)32-4)14-27-22(16)25-33-12-13-34-25)18-10-11-20(30-2)24(31-3)23(18)35-15-17-8-6-5-7-9-17/h5-11,14,25H,12-13,15H2,1-4H3,(H,28,29). The van der Waals surface area contributed by atoms with Crippen LogP contribution in [0.3, 0.4) is 0 Å². The van der Waals surface area contributed by atoms with Crippen LogP contribution in [0.1, 0.15) is 23.1 Å². The molecule has 0 unspecified atom stereocenters. The van der Waals surface area contributed by atoms with E-state index in [-0.39, 0.29) is 0 Å². The molecule has 1 aromatic heterocycles. The molecule has 35 heavy (non-hydrogen) atoms. The predicted molar refractivity (Wildman–Crippen MR) is 129 cm³/mol. The molecule has 1 aliphatic heterocycles. The van der Waals surface area contributed by atoms with Crippen molar-refractivity contribution in [3.05, 3.63) is 65.5 Å². The molecular formula is C26H28N2O7. The molecule has 1 fully saturated rings. The van der Waals surface area contributed by atoms with Crippen molar-refractivity contribution in [1.82, 2.24) is 4.98 Å². The molecule has 1 N–H and O–H groups in total. The molecule has 0 atom stereocenters. The zero-order chi connectivity index (χ0) is 24.8. The third kappa shape index (κ3) is 5.16. The zero-order valence-corrected chi connectivity index (χ0v) is 20.1. The second-order valence-electron chi connectivity index (χ2n) is 7.70. The molecule has 1 aliphatic rings. The maximum Gasteiger partial charge on any atom is 0.411 e. The summed E-state index contributed by atoms with van der Waals surface area (Å²) in [7, 11) is 4.41. The van der Waals surface area contributed by atoms with Crippen LogP contribution < -0.4 is 19.5 Å². The number of nitrogens with zero attached hydrogens (tertiary/aromatic N) is 1. The van der Waals surface area contributed by atoms with Gasteiger partial charge in [0.25, 0.3) is 0 Å². The summed E-state index contributed by atoms with van der Waals surface area (Å²) < 4.78 is 33.8. The van der Waals surface area contributed by atoms with Gasteiger partial charge in [-0.1, -0.05) is 30.3 Å². The first-order valence-electron chi connectivity index (χ1n) is 11.1. The van der Waals surface area contributed by atoms with Crippen molar-refractivity contribution < 1.29 is 33.2 Å². The normalized spacial score (nSPS) is 13.4. The van der Waals surface area contributed by atoms with Gasteiger partial charge in [0.2, 0.25) is 12.0 Å². The van der Waals surface area contributed by atoms with Crippen LogP contribution >= 0.6 is 0 Å². The molecule has 9 heteroatoms. The number of anilines is 1. The number of pyridine rings is 1. The van der Waals surface area contributed by atoms with Crippen LogP contribution in [0, 0.1) is 6.92 Å². The third-order valence-corrected chi connectivity index (χ3v) is 5.62. The van der Waals surface area contributed by atoms with Gasteiger partial charge >= 0.3 is 6.09 Å². The summed E-state index contributed by atoms with van der Waals surface area (Å²) in [5.74, 6) is 1.39. The van der Waals surface area contributed by atoms with Gasteiger partial charge in [-0.3, -0.25) is 10.3 Å². The van der Waals surface area contributed by atoms with Gasteiger partial charge in [-0.2, -0.15) is 0 Å². The van der Waals surface area contributed by atoms with Gasteiger partial charge in [0, 0.05) is 11.1 Å². The van der Waals surface area contributed by atoms with Gasteiger partial charge in [-0.25, -0.2) is 4.79 Å². The minimum atomic E-state index is -0.624. The molecule has 1 saturated heterocycles. The molecule has 0 spiro atoms. The number of hydrogen-bond donors (Lipinski definition) is 1. The topological polar surface area (TPSA) is 97.4 Å². The lowest BCUT2D eigenvalue weighted by Gasteiger charge is -2.22. The molecule has 0 radical (unpaired) electrons. The Morgan fingerprint density at radius 2 is 1.77 bits per heavy atom. The lowest BCUT2D eigenvalue weighted by atomic mass is 9.96. The highest BCUT2D eigenvalue weighted by Crippen LogP contribution is 2.48. The zero-order valence-electron chi connectivity index (χ0n) is 20.1. The summed E-state index contributed by atoms with van der Waals surface area (Å²) in [5, 5.41) is 2.75. The van der Waals surface area contributed by atoms with Gasteiger partial charge in [0.1, 0.15) is 6.61 Å². The van der Waals surface area contributed by atoms with Gasteiger partial charge < -0.3 is 28.4 Å². The summed E-state index contributed by atoms with van der Waals surface area (Å²) in [5.41, 5.74) is 4.12. The fourth-order valence-electron chi connectivity index (χ4n) is 3.95. The fourth-order valence-corrected chi connectivity index (χ4v) is 3.95. The Hall–Kier alpha value is -3.82. The SMILES string of the molecule is COC(=O)Nc1cnc(C2OCCO2)c(C)c1-c1ccc(OC)c(OC)c1OCc1ccccc1. The Kier molecular flexibility index (Phi) is 7.69. The van der Waals surface area contributed by atoms with Crippen LogP contribution in [-0.2, 0) is 20.8 Å². The van der Waals surface area contributed by atoms with Crippen molar-refractivity contribution in [2.24, 2.45) is 0 Å². The molecule has 0 aliphatic carbocycles. The monoisotopic (exact) mass is 480 g/mol. The van der Waals surface area contributed by atoms with E-state index in [1.165, 1.54) is 7.11 Å². The van der Waals surface area contributed by atoms with Crippen LogP contribution in [0.2, 0.25) is 0 Å². The van der Waals surface area contributed by atoms with Crippen molar-refractivity contribution in [2.45, 2.75) is 19.8 Å². The van der Waals surface area contributed by atoms with Gasteiger partial charge in [0.05, 0.1) is 52.1 Å². The summed E-state index contributed by atoms with van der Waals surface area (Å²) in [6.07, 6.45) is 0.327. The Morgan fingerprint density at radius 1 is 1.03 bits per heavy atom. The average Bonchev–Trinajstić information content (AvgIpc) is 3.42. The largest absolute Gasteiger partial charge is 0.493 e. The van der Waals surface area contributed by atoms with E-state index in [2.05, 4.69) is 10.3 Å². The van der Waals surface area contributed by atoms with Crippen molar-refractivity contribution in [2.75, 3.05) is 39.9 Å². The molecule has 1 amide bonds. The minimum Gasteiger partial charge on any atom is -0.493 e. The highest BCUT2D eigenvalue weighted by atomic mass is 16.7. The molecule has 2 heterocycles. The molecule has 2 aromatic carbocycles. The van der Waals surface area contributed by atoms with E-state index < -0.39 is 12.4 Å². The van der Waals surface area contributed by atoms with Crippen LogP contribution in [0.15, 0.2) is 48.7 Å². The first-order valence-corrected chi connectivity index (χ1v) is 11.1. The molecular weight excluding hydrogens is 452 g/mol. The van der Waals surface area contributed by atoms with E-state index in [4.69, 9.17) is 28.4 Å². The number of methoxy groups -OCH3 is 3. The Balaban J connectivity index is 1.89. The van der Waals surface area contributed by atoms with E-state index in [0.29, 0.717) is 59.6 Å². The quantitative estimate of drug-likeness (QED) is 0.487. The van der Waals surface area contributed by atoms with Crippen LogP contribution in [0.4, 0.5) is 10.5 Å². The van der Waals surface area contributed by atoms with Gasteiger partial charge in [-0.15, -0.1) is 0 Å². The Morgan fingerprint density at radius 3 is 2.43 bits per heavy atom. The molecule has 184 valence electrons. The maximum absolute atomic E-state index is 12.1. The number of benzene rings is 2. The highest BCUT2D eigenvalue weighted by Gasteiger charge is 2.28. The first kappa shape index (κ1) is 24.3. The van der Waals surface area contributed by atoms with Crippen molar-refractivity contribution in [1.29, 1.82) is 0 Å². The molecule has 3 aromatic rings. The fraction of sp³-hybridized carbons (Fsp3) is 0.308. The Bertz CT molecular complexity index is 1180. The smallest absolute Gasteiger partial charge is 0.411 e. The van der Waals surface area contributed by atoms with Gasteiger partial charge in [0.15, 0.2) is 11.5 Å². The van der Waals surface area contributed by atoms with Crippen molar-refractivity contribution >= 4 is 11.8 Å². The summed E-state index contributed by atoms with van der Waals surface area (Å²) in [6, 6.07) is 13.4. The maximum atomic E-state index is 12.1. The highest BCUT2D eigenvalue weighted by molar-refractivity contribution is 5.94. The number of nitrogens with one attached hydrogen (secondary N) is 1. The predicted octanol–water partition coefficient (Wildman–Crippen LogP) is 4.88. The van der Waals surface area contributed by atoms with Crippen molar-refractivity contribution in [3.63, 3.8) is 0 Å². The summed E-state index contributed by atoms with van der Waals surface area (Å²) >= 11 is 0. The van der Waals surface area contributed by atoms with E-state index in [1.54, 1.807) is 26.5 Å². The number of carbonyl (C=O) groups excluding carboxylic acids is 1. The number of hydrogen-bond acceptors (Lipinski definition) is 8. The number of rotatable bonds is 8. The second-order valence-corrected chi connectivity index (χ2v) is 7.70. The Labute approximate surface area is 203 Å². The summed E-state index contributed by atoms with van der Waals surface area (Å²) in [4.78, 5) is 16.7. The lowest BCUT2D eigenvalue weighted by Crippen LogP contribution is -2.14. The van der Waals surface area contributed by atoms with Crippen LogP contribution in [0.5, 0.6) is 17.2 Å². The van der Waals surface area contributed by atoms with E-state index in [0.717, 1.165) is 11.1 Å². The van der Waals surface area contributed by atoms with E-state index in [1.807, 2.05) is 43.3 Å². The lowest BCUT2D eigenvalue weighted by molar-refractivity contribution is -0.0476. The number of aromatic nitrogens is 1. The van der Waals surface area contributed by atoms with Crippen LogP contribution in [0.25, 0.3) is 11.1 Å². The molecule has 9 nitrogen and oxygen atoms in total. The second kappa shape index (κ2) is 11.1. The van der Waals surface area contributed by atoms with Gasteiger partial charge in [-0.05, 0) is 30.2 Å². The molecule has 0 saturated carbocycles. The molecule has 4 rings (SSSR count). The third-order valence-electron chi connectivity index (χ3n) is 5.62. The number of carbonyl (C=O) groups is 1. The average molecular weight is 481 g/mol. The van der Waals surface area contributed by atoms with Crippen molar-refractivity contribution in [3.8, 4) is 28.4 Å². The minimum absolute atomic E-state index is 0.295. The summed E-state index contributed by atoms with van der Waals surface area (Å²) in [6.45, 7) is 3.14. The number of amides is 1. The van der Waals surface area contributed by atoms with E-state index >= 15 is 0 Å². The number of ether oxygens (including phenoxy) is 6.